The molecule has 0 radical (unpaired) electrons. The van der Waals surface area contributed by atoms with Gasteiger partial charge in [-0.3, -0.25) is 24.2 Å². The summed E-state index contributed by atoms with van der Waals surface area (Å²) in [5.41, 5.74) is 1.36. The van der Waals surface area contributed by atoms with Gasteiger partial charge in [-0.05, 0) is 12.5 Å². The molecule has 0 bridgehead atoms. The number of anilines is 1. The van der Waals surface area contributed by atoms with E-state index in [-0.39, 0.29) is 11.5 Å². The third-order valence-corrected chi connectivity index (χ3v) is 7.48. The Morgan fingerprint density at radius 1 is 0.909 bits per heavy atom. The molecule has 0 saturated carbocycles. The molecule has 0 aromatic heterocycles. The van der Waals surface area contributed by atoms with Crippen LogP contribution in [0.5, 0.6) is 0 Å². The summed E-state index contributed by atoms with van der Waals surface area (Å²) in [6.45, 7) is 2.33. The standard InChI is InChI=1S/C25H32N2O4S2/c1-2-3-4-5-6-7-8-9-10-13-16-26-24(31)22(33-25(26)32)21-18-14-11-12-15-19(18)27(23(21)30)17-20(28)29/h11-12,14-15H,2-10,13,16-17H2,1H3,(H,28,29)/b22-21-. The molecular weight excluding hydrogens is 456 g/mol. The van der Waals surface area contributed by atoms with Crippen molar-refractivity contribution < 1.29 is 19.5 Å². The lowest BCUT2D eigenvalue weighted by molar-refractivity contribution is -0.136. The monoisotopic (exact) mass is 488 g/mol. The van der Waals surface area contributed by atoms with Gasteiger partial charge in [0.15, 0.2) is 0 Å². The highest BCUT2D eigenvalue weighted by atomic mass is 32.2. The van der Waals surface area contributed by atoms with Gasteiger partial charge in [-0.2, -0.15) is 0 Å². The zero-order valence-corrected chi connectivity index (χ0v) is 20.8. The molecule has 1 aromatic rings. The number of carbonyl (C=O) groups excluding carboxylic acids is 2. The Kier molecular flexibility index (Phi) is 9.50. The van der Waals surface area contributed by atoms with Crippen LogP contribution in [0.3, 0.4) is 0 Å². The van der Waals surface area contributed by atoms with Gasteiger partial charge in [0, 0.05) is 12.1 Å². The molecule has 2 aliphatic rings. The van der Waals surface area contributed by atoms with Crippen molar-refractivity contribution in [3.8, 4) is 0 Å². The Bertz CT molecular complexity index is 944. The molecule has 1 N–H and O–H groups in total. The van der Waals surface area contributed by atoms with Crippen molar-refractivity contribution >= 4 is 57.3 Å². The molecular formula is C25H32N2O4S2. The predicted octanol–water partition coefficient (Wildman–Crippen LogP) is 5.61. The van der Waals surface area contributed by atoms with E-state index in [1.54, 1.807) is 29.2 Å². The summed E-state index contributed by atoms with van der Waals surface area (Å²) in [6, 6.07) is 6.98. The number of rotatable bonds is 13. The molecule has 0 aliphatic carbocycles. The minimum atomic E-state index is -1.10. The lowest BCUT2D eigenvalue weighted by Crippen LogP contribution is -2.33. The number of fused-ring (bicyclic) bond motifs is 1. The van der Waals surface area contributed by atoms with Gasteiger partial charge >= 0.3 is 5.97 Å². The summed E-state index contributed by atoms with van der Waals surface area (Å²) in [5.74, 6) is -1.82. The van der Waals surface area contributed by atoms with E-state index < -0.39 is 18.4 Å². The Hall–Kier alpha value is -2.19. The second-order valence-corrected chi connectivity index (χ2v) is 10.2. The van der Waals surface area contributed by atoms with Crippen molar-refractivity contribution in [2.45, 2.75) is 71.1 Å². The van der Waals surface area contributed by atoms with E-state index in [9.17, 15) is 19.5 Å². The number of benzene rings is 1. The van der Waals surface area contributed by atoms with Crippen LogP contribution in [-0.4, -0.2) is 45.2 Å². The number of carboxylic acid groups (broad SMARTS) is 1. The molecule has 1 aromatic carbocycles. The zero-order valence-electron chi connectivity index (χ0n) is 19.2. The van der Waals surface area contributed by atoms with E-state index in [2.05, 4.69) is 6.92 Å². The molecule has 1 fully saturated rings. The van der Waals surface area contributed by atoms with Crippen molar-refractivity contribution in [3.63, 3.8) is 0 Å². The van der Waals surface area contributed by atoms with Gasteiger partial charge in [0.05, 0.1) is 16.2 Å². The van der Waals surface area contributed by atoms with Crippen LogP contribution in [0.2, 0.25) is 0 Å². The third-order valence-electron chi connectivity index (χ3n) is 6.03. The van der Waals surface area contributed by atoms with E-state index in [1.165, 1.54) is 49.8 Å². The number of hydrogen-bond donors (Lipinski definition) is 1. The predicted molar refractivity (Wildman–Crippen MR) is 137 cm³/mol. The van der Waals surface area contributed by atoms with Crippen molar-refractivity contribution in [1.82, 2.24) is 4.90 Å². The van der Waals surface area contributed by atoms with Crippen LogP contribution in [0.1, 0.15) is 76.7 Å². The Morgan fingerprint density at radius 3 is 2.15 bits per heavy atom. The highest BCUT2D eigenvalue weighted by Gasteiger charge is 2.42. The van der Waals surface area contributed by atoms with E-state index >= 15 is 0 Å². The Balaban J connectivity index is 1.57. The SMILES string of the molecule is CCCCCCCCCCCCN1C(=O)/C(=C2/C(=O)N(CC(=O)O)c3ccccc32)SC1=S. The van der Waals surface area contributed by atoms with Crippen LogP contribution in [0.25, 0.3) is 5.57 Å². The fraction of sp³-hybridized carbons (Fsp3) is 0.520. The van der Waals surface area contributed by atoms with Gasteiger partial charge in [-0.25, -0.2) is 0 Å². The normalized spacial score (nSPS) is 17.9. The molecule has 2 aliphatic heterocycles. The number of aliphatic carboxylic acids is 1. The highest BCUT2D eigenvalue weighted by molar-refractivity contribution is 8.26. The van der Waals surface area contributed by atoms with Crippen LogP contribution in [0.4, 0.5) is 5.69 Å². The summed E-state index contributed by atoms with van der Waals surface area (Å²) in [5, 5.41) is 9.22. The number of thiocarbonyl (C=S) groups is 1. The molecule has 0 atom stereocenters. The minimum Gasteiger partial charge on any atom is -0.480 e. The summed E-state index contributed by atoms with van der Waals surface area (Å²) in [7, 11) is 0. The molecule has 8 heteroatoms. The van der Waals surface area contributed by atoms with Gasteiger partial charge < -0.3 is 5.11 Å². The van der Waals surface area contributed by atoms with E-state index in [1.807, 2.05) is 0 Å². The maximum absolute atomic E-state index is 13.2. The topological polar surface area (TPSA) is 77.9 Å². The first-order valence-electron chi connectivity index (χ1n) is 11.9. The van der Waals surface area contributed by atoms with E-state index in [0.717, 1.165) is 31.0 Å². The number of carbonyl (C=O) groups is 3. The maximum atomic E-state index is 13.2. The fourth-order valence-electron chi connectivity index (χ4n) is 4.29. The average Bonchev–Trinajstić information content (AvgIpc) is 3.22. The third kappa shape index (κ3) is 6.23. The minimum absolute atomic E-state index is 0.253. The van der Waals surface area contributed by atoms with Crippen molar-refractivity contribution in [2.75, 3.05) is 18.0 Å². The number of hydrogen-bond acceptors (Lipinski definition) is 5. The lowest BCUT2D eigenvalue weighted by Gasteiger charge is -2.14. The molecule has 0 spiro atoms. The molecule has 3 rings (SSSR count). The first-order valence-corrected chi connectivity index (χ1v) is 13.1. The lowest BCUT2D eigenvalue weighted by atomic mass is 10.1. The molecule has 1 saturated heterocycles. The number of carboxylic acids is 1. The molecule has 0 unspecified atom stereocenters. The summed E-state index contributed by atoms with van der Waals surface area (Å²) in [4.78, 5) is 40.6. The highest BCUT2D eigenvalue weighted by Crippen LogP contribution is 2.44. The van der Waals surface area contributed by atoms with E-state index in [0.29, 0.717) is 27.0 Å². The number of thioether (sulfide) groups is 1. The number of nitrogens with zero attached hydrogens (tertiary/aromatic N) is 2. The first kappa shape index (κ1) is 25.4. The first-order chi connectivity index (χ1) is 16.0. The van der Waals surface area contributed by atoms with Crippen LogP contribution in [0, 0.1) is 0 Å². The Morgan fingerprint density at radius 2 is 1.52 bits per heavy atom. The summed E-state index contributed by atoms with van der Waals surface area (Å²) >= 11 is 6.59. The second kappa shape index (κ2) is 12.3. The molecule has 2 amide bonds. The average molecular weight is 489 g/mol. The van der Waals surface area contributed by atoms with Gasteiger partial charge in [0.25, 0.3) is 11.8 Å². The van der Waals surface area contributed by atoms with Crippen LogP contribution in [0.15, 0.2) is 29.2 Å². The van der Waals surface area contributed by atoms with Gasteiger partial charge in [-0.1, -0.05) is 107 Å². The van der Waals surface area contributed by atoms with Gasteiger partial charge in [-0.15, -0.1) is 0 Å². The maximum Gasteiger partial charge on any atom is 0.323 e. The van der Waals surface area contributed by atoms with Crippen LogP contribution < -0.4 is 4.90 Å². The molecule has 6 nitrogen and oxygen atoms in total. The number of amides is 2. The zero-order chi connectivity index (χ0) is 23.8. The van der Waals surface area contributed by atoms with Crippen molar-refractivity contribution in [1.29, 1.82) is 0 Å². The smallest absolute Gasteiger partial charge is 0.323 e. The van der Waals surface area contributed by atoms with E-state index in [4.69, 9.17) is 12.2 Å². The fourth-order valence-corrected chi connectivity index (χ4v) is 5.67. The number of unbranched alkanes of at least 4 members (excludes halogenated alkanes) is 9. The quantitative estimate of drug-likeness (QED) is 0.221. The summed E-state index contributed by atoms with van der Waals surface area (Å²) in [6.07, 6.45) is 12.1. The molecule has 33 heavy (non-hydrogen) atoms. The molecule has 178 valence electrons. The van der Waals surface area contributed by atoms with Crippen LogP contribution in [-0.2, 0) is 14.4 Å². The Labute approximate surface area is 205 Å². The van der Waals surface area contributed by atoms with Crippen molar-refractivity contribution in [3.05, 3.63) is 34.7 Å². The largest absolute Gasteiger partial charge is 0.480 e. The summed E-state index contributed by atoms with van der Waals surface area (Å²) < 4.78 is 0.459. The van der Waals surface area contributed by atoms with Crippen molar-refractivity contribution in [2.24, 2.45) is 0 Å². The second-order valence-electron chi connectivity index (χ2n) is 8.51. The number of para-hydroxylation sites is 1. The molecule has 2 heterocycles. The van der Waals surface area contributed by atoms with Gasteiger partial charge in [0.1, 0.15) is 10.9 Å². The van der Waals surface area contributed by atoms with Crippen LogP contribution >= 0.6 is 24.0 Å². The van der Waals surface area contributed by atoms with Gasteiger partial charge in [0.2, 0.25) is 0 Å².